The molecule has 0 fully saturated rings. The number of nitrogens with zero attached hydrogens (tertiary/aromatic N) is 4. The second-order valence-electron chi connectivity index (χ2n) is 4.59. The predicted octanol–water partition coefficient (Wildman–Crippen LogP) is 1.88. The van der Waals surface area contributed by atoms with Crippen molar-refractivity contribution in [1.29, 1.82) is 5.26 Å². The lowest BCUT2D eigenvalue weighted by atomic mass is 10.2. The standard InChI is InChI=1S/C15H11N5O/c1-9-19-13-7-11(17)2-3-14(13)20(9)15(21)10-4-5-18-12(6-10)8-16/h2-7H,17H2,1H3. The van der Waals surface area contributed by atoms with E-state index in [-0.39, 0.29) is 11.6 Å². The van der Waals surface area contributed by atoms with Crippen LogP contribution in [0.1, 0.15) is 21.9 Å². The van der Waals surface area contributed by atoms with Gasteiger partial charge in [0.05, 0.1) is 11.0 Å². The molecular weight excluding hydrogens is 266 g/mol. The summed E-state index contributed by atoms with van der Waals surface area (Å²) in [5.41, 5.74) is 8.26. The molecule has 2 heterocycles. The minimum atomic E-state index is -0.251. The lowest BCUT2D eigenvalue weighted by Gasteiger charge is -2.05. The third-order valence-electron chi connectivity index (χ3n) is 3.17. The number of hydrogen-bond acceptors (Lipinski definition) is 5. The number of pyridine rings is 1. The van der Waals surface area contributed by atoms with Crippen LogP contribution in [0, 0.1) is 18.3 Å². The number of nitrogen functional groups attached to an aromatic ring is 1. The number of rotatable bonds is 1. The van der Waals surface area contributed by atoms with Crippen LogP contribution in [-0.4, -0.2) is 20.4 Å². The maximum absolute atomic E-state index is 12.6. The van der Waals surface area contributed by atoms with E-state index < -0.39 is 0 Å². The Bertz CT molecular complexity index is 904. The lowest BCUT2D eigenvalue weighted by Crippen LogP contribution is -2.14. The van der Waals surface area contributed by atoms with Crippen LogP contribution in [-0.2, 0) is 0 Å². The summed E-state index contributed by atoms with van der Waals surface area (Å²) in [5.74, 6) is 0.314. The summed E-state index contributed by atoms with van der Waals surface area (Å²) in [4.78, 5) is 20.9. The minimum Gasteiger partial charge on any atom is -0.399 e. The van der Waals surface area contributed by atoms with Crippen molar-refractivity contribution in [2.75, 3.05) is 5.73 Å². The Balaban J connectivity index is 2.18. The number of imidazole rings is 1. The average molecular weight is 277 g/mol. The smallest absolute Gasteiger partial charge is 0.263 e. The number of hydrogen-bond donors (Lipinski definition) is 1. The van der Waals surface area contributed by atoms with E-state index in [1.807, 2.05) is 6.07 Å². The van der Waals surface area contributed by atoms with E-state index in [4.69, 9.17) is 11.0 Å². The van der Waals surface area contributed by atoms with E-state index in [0.29, 0.717) is 28.1 Å². The molecule has 0 radical (unpaired) electrons. The molecule has 0 saturated heterocycles. The highest BCUT2D eigenvalue weighted by atomic mass is 16.2. The largest absolute Gasteiger partial charge is 0.399 e. The van der Waals surface area contributed by atoms with Crippen molar-refractivity contribution in [2.45, 2.75) is 6.92 Å². The van der Waals surface area contributed by atoms with Crippen LogP contribution in [0.2, 0.25) is 0 Å². The molecular formula is C15H11N5O. The monoisotopic (exact) mass is 277 g/mol. The maximum atomic E-state index is 12.6. The predicted molar refractivity (Wildman–Crippen MR) is 77.6 cm³/mol. The lowest BCUT2D eigenvalue weighted by molar-refractivity contribution is 0.0962. The van der Waals surface area contributed by atoms with E-state index in [1.54, 1.807) is 31.2 Å². The van der Waals surface area contributed by atoms with Crippen LogP contribution >= 0.6 is 0 Å². The van der Waals surface area contributed by atoms with Crippen LogP contribution in [0.5, 0.6) is 0 Å². The Labute approximate surface area is 120 Å². The normalized spacial score (nSPS) is 10.5. The van der Waals surface area contributed by atoms with Gasteiger partial charge in [0.1, 0.15) is 17.6 Å². The number of aromatic nitrogens is 3. The second-order valence-corrected chi connectivity index (χ2v) is 4.59. The van der Waals surface area contributed by atoms with Gasteiger partial charge < -0.3 is 5.73 Å². The Morgan fingerprint density at radius 2 is 2.14 bits per heavy atom. The molecule has 0 bridgehead atoms. The van der Waals surface area contributed by atoms with Crippen LogP contribution in [0.25, 0.3) is 11.0 Å². The molecule has 0 unspecified atom stereocenters. The molecule has 0 spiro atoms. The maximum Gasteiger partial charge on any atom is 0.263 e. The third-order valence-corrected chi connectivity index (χ3v) is 3.17. The molecule has 2 N–H and O–H groups in total. The molecule has 6 heteroatoms. The van der Waals surface area contributed by atoms with Gasteiger partial charge >= 0.3 is 0 Å². The van der Waals surface area contributed by atoms with Gasteiger partial charge in [-0.3, -0.25) is 9.36 Å². The van der Waals surface area contributed by atoms with Gasteiger partial charge in [0.25, 0.3) is 5.91 Å². The molecule has 1 aromatic carbocycles. The van der Waals surface area contributed by atoms with Gasteiger partial charge in [0, 0.05) is 17.4 Å². The first-order valence-electron chi connectivity index (χ1n) is 6.25. The van der Waals surface area contributed by atoms with Crippen molar-refractivity contribution < 1.29 is 4.79 Å². The van der Waals surface area contributed by atoms with E-state index in [0.717, 1.165) is 0 Å². The summed E-state index contributed by atoms with van der Waals surface area (Å²) in [7, 11) is 0. The van der Waals surface area contributed by atoms with Crippen molar-refractivity contribution in [2.24, 2.45) is 0 Å². The van der Waals surface area contributed by atoms with E-state index >= 15 is 0 Å². The van der Waals surface area contributed by atoms with Gasteiger partial charge in [-0.1, -0.05) is 0 Å². The van der Waals surface area contributed by atoms with Crippen LogP contribution in [0.15, 0.2) is 36.5 Å². The summed E-state index contributed by atoms with van der Waals surface area (Å²) in [6, 6.07) is 10.2. The topological polar surface area (TPSA) is 97.6 Å². The second kappa shape index (κ2) is 4.72. The Morgan fingerprint density at radius 1 is 1.33 bits per heavy atom. The van der Waals surface area contributed by atoms with E-state index in [2.05, 4.69) is 9.97 Å². The molecule has 102 valence electrons. The number of carbonyl (C=O) groups is 1. The number of carbonyl (C=O) groups excluding carboxylic acids is 1. The van der Waals surface area contributed by atoms with Crippen LogP contribution in [0.4, 0.5) is 5.69 Å². The Kier molecular flexibility index (Phi) is 2.88. The molecule has 0 aliphatic carbocycles. The fourth-order valence-electron chi connectivity index (χ4n) is 2.23. The summed E-state index contributed by atoms with van der Waals surface area (Å²) in [6.07, 6.45) is 1.44. The van der Waals surface area contributed by atoms with Gasteiger partial charge in [-0.15, -0.1) is 0 Å². The summed E-state index contributed by atoms with van der Waals surface area (Å²) >= 11 is 0. The molecule has 3 rings (SSSR count). The fourth-order valence-corrected chi connectivity index (χ4v) is 2.23. The van der Waals surface area contributed by atoms with E-state index in [1.165, 1.54) is 16.8 Å². The number of aryl methyl sites for hydroxylation is 1. The Morgan fingerprint density at radius 3 is 2.90 bits per heavy atom. The summed E-state index contributed by atoms with van der Waals surface area (Å²) in [6.45, 7) is 1.75. The first-order valence-corrected chi connectivity index (χ1v) is 6.25. The molecule has 0 aliphatic rings. The summed E-state index contributed by atoms with van der Waals surface area (Å²) in [5, 5.41) is 8.87. The molecule has 21 heavy (non-hydrogen) atoms. The summed E-state index contributed by atoms with van der Waals surface area (Å²) < 4.78 is 1.51. The molecule has 3 aromatic rings. The van der Waals surface area contributed by atoms with Crippen molar-refractivity contribution in [3.63, 3.8) is 0 Å². The number of nitrogens with two attached hydrogens (primary N) is 1. The van der Waals surface area contributed by atoms with Gasteiger partial charge in [-0.25, -0.2) is 9.97 Å². The van der Waals surface area contributed by atoms with E-state index in [9.17, 15) is 4.79 Å². The van der Waals surface area contributed by atoms with Crippen molar-refractivity contribution in [3.05, 3.63) is 53.6 Å². The fraction of sp³-hybridized carbons (Fsp3) is 0.0667. The SMILES string of the molecule is Cc1nc2cc(N)ccc2n1C(=O)c1ccnc(C#N)c1. The third kappa shape index (κ3) is 2.11. The molecule has 0 atom stereocenters. The zero-order chi connectivity index (χ0) is 15.0. The molecule has 0 aliphatic heterocycles. The zero-order valence-corrected chi connectivity index (χ0v) is 11.2. The highest BCUT2D eigenvalue weighted by molar-refractivity contribution is 6.02. The Hall–Kier alpha value is -3.20. The number of anilines is 1. The highest BCUT2D eigenvalue weighted by Crippen LogP contribution is 2.20. The van der Waals surface area contributed by atoms with Crippen molar-refractivity contribution in [1.82, 2.24) is 14.5 Å². The number of nitriles is 1. The zero-order valence-electron chi connectivity index (χ0n) is 11.2. The minimum absolute atomic E-state index is 0.201. The van der Waals surface area contributed by atoms with Crippen molar-refractivity contribution in [3.8, 4) is 6.07 Å². The molecule has 0 saturated carbocycles. The van der Waals surface area contributed by atoms with Crippen molar-refractivity contribution >= 4 is 22.6 Å². The number of fused-ring (bicyclic) bond motifs is 1. The quantitative estimate of drug-likeness (QED) is 0.685. The molecule has 6 nitrogen and oxygen atoms in total. The van der Waals surface area contributed by atoms with Gasteiger partial charge in [0.2, 0.25) is 0 Å². The van der Waals surface area contributed by atoms with Crippen LogP contribution < -0.4 is 5.73 Å². The van der Waals surface area contributed by atoms with Gasteiger partial charge in [-0.2, -0.15) is 5.26 Å². The first-order chi connectivity index (χ1) is 10.1. The van der Waals surface area contributed by atoms with Gasteiger partial charge in [-0.05, 0) is 37.3 Å². The molecule has 2 aromatic heterocycles. The highest BCUT2D eigenvalue weighted by Gasteiger charge is 2.16. The number of benzene rings is 1. The van der Waals surface area contributed by atoms with Gasteiger partial charge in [0.15, 0.2) is 0 Å². The van der Waals surface area contributed by atoms with Crippen LogP contribution in [0.3, 0.4) is 0 Å². The first kappa shape index (κ1) is 12.8. The molecule has 0 amide bonds. The average Bonchev–Trinajstić information content (AvgIpc) is 2.81.